The summed E-state index contributed by atoms with van der Waals surface area (Å²) in [5, 5.41) is 14.7. The van der Waals surface area contributed by atoms with Gasteiger partial charge in [0.2, 0.25) is 11.8 Å². The molecule has 2 amide bonds. The minimum Gasteiger partial charge on any atom is -0.393 e. The number of carbonyl (C=O) groups excluding carboxylic acids is 2. The number of hydrogen-bond donors (Lipinski definition) is 3. The summed E-state index contributed by atoms with van der Waals surface area (Å²) < 4.78 is 0. The molecule has 0 aromatic heterocycles. The molecular formula is C15H22N2O3. The first-order valence-electron chi connectivity index (χ1n) is 6.80. The highest BCUT2D eigenvalue weighted by Gasteiger charge is 2.08. The number of hydrogen-bond acceptors (Lipinski definition) is 3. The molecule has 1 unspecified atom stereocenters. The van der Waals surface area contributed by atoms with Crippen LogP contribution in [0.4, 0.5) is 11.4 Å². The topological polar surface area (TPSA) is 78.4 Å². The van der Waals surface area contributed by atoms with Crippen LogP contribution in [0.25, 0.3) is 0 Å². The van der Waals surface area contributed by atoms with Crippen molar-refractivity contribution in [3.63, 3.8) is 0 Å². The third kappa shape index (κ3) is 5.40. The summed E-state index contributed by atoms with van der Waals surface area (Å²) in [6.45, 7) is 5.32. The van der Waals surface area contributed by atoms with Gasteiger partial charge in [-0.2, -0.15) is 0 Å². The van der Waals surface area contributed by atoms with Crippen molar-refractivity contribution in [2.75, 3.05) is 10.6 Å². The Labute approximate surface area is 119 Å². The quantitative estimate of drug-likeness (QED) is 0.748. The van der Waals surface area contributed by atoms with Crippen molar-refractivity contribution in [1.29, 1.82) is 0 Å². The van der Waals surface area contributed by atoms with E-state index in [-0.39, 0.29) is 18.2 Å². The number of anilines is 2. The molecule has 1 aromatic rings. The zero-order valence-electron chi connectivity index (χ0n) is 12.2. The fraction of sp³-hybridized carbons (Fsp3) is 0.467. The van der Waals surface area contributed by atoms with Gasteiger partial charge in [0, 0.05) is 24.2 Å². The van der Waals surface area contributed by atoms with Crippen LogP contribution in [0.3, 0.4) is 0 Å². The number of benzene rings is 1. The van der Waals surface area contributed by atoms with Gasteiger partial charge in [-0.05, 0) is 38.0 Å². The highest BCUT2D eigenvalue weighted by molar-refractivity contribution is 5.94. The average molecular weight is 278 g/mol. The second-order valence-electron chi connectivity index (χ2n) is 4.87. The summed E-state index contributed by atoms with van der Waals surface area (Å²) in [4.78, 5) is 23.1. The first kappa shape index (κ1) is 16.2. The van der Waals surface area contributed by atoms with E-state index in [1.54, 1.807) is 26.0 Å². The van der Waals surface area contributed by atoms with E-state index in [4.69, 9.17) is 5.11 Å². The van der Waals surface area contributed by atoms with E-state index < -0.39 is 6.10 Å². The summed E-state index contributed by atoms with van der Waals surface area (Å²) in [5.41, 5.74) is 2.26. The molecule has 0 spiro atoms. The van der Waals surface area contributed by atoms with E-state index >= 15 is 0 Å². The van der Waals surface area contributed by atoms with Crippen LogP contribution < -0.4 is 10.6 Å². The summed E-state index contributed by atoms with van der Waals surface area (Å²) in [6.07, 6.45) is 0.612. The van der Waals surface area contributed by atoms with Crippen molar-refractivity contribution in [1.82, 2.24) is 0 Å². The zero-order valence-corrected chi connectivity index (χ0v) is 12.2. The van der Waals surface area contributed by atoms with Gasteiger partial charge in [-0.25, -0.2) is 0 Å². The first-order valence-corrected chi connectivity index (χ1v) is 6.80. The SMILES string of the molecule is CCC(=O)Nc1ccc(C)c(NC(=O)CCC(C)O)c1. The third-order valence-electron chi connectivity index (χ3n) is 2.91. The van der Waals surface area contributed by atoms with Crippen molar-refractivity contribution in [2.45, 2.75) is 46.1 Å². The third-order valence-corrected chi connectivity index (χ3v) is 2.91. The van der Waals surface area contributed by atoms with Gasteiger partial charge in [0.15, 0.2) is 0 Å². The first-order chi connectivity index (χ1) is 9.42. The molecule has 1 aromatic carbocycles. The van der Waals surface area contributed by atoms with Crippen LogP contribution in [0.15, 0.2) is 18.2 Å². The molecule has 0 saturated carbocycles. The molecule has 5 nitrogen and oxygen atoms in total. The average Bonchev–Trinajstić information content (AvgIpc) is 2.40. The molecule has 0 heterocycles. The van der Waals surface area contributed by atoms with Gasteiger partial charge in [0.05, 0.1) is 6.10 Å². The van der Waals surface area contributed by atoms with E-state index in [1.807, 2.05) is 13.0 Å². The predicted octanol–water partition coefficient (Wildman–Crippen LogP) is 2.44. The fourth-order valence-electron chi connectivity index (χ4n) is 1.64. The molecule has 20 heavy (non-hydrogen) atoms. The van der Waals surface area contributed by atoms with E-state index in [9.17, 15) is 9.59 Å². The van der Waals surface area contributed by atoms with Crippen molar-refractivity contribution in [2.24, 2.45) is 0 Å². The highest BCUT2D eigenvalue weighted by atomic mass is 16.3. The van der Waals surface area contributed by atoms with Crippen LogP contribution in [-0.2, 0) is 9.59 Å². The molecular weight excluding hydrogens is 256 g/mol. The summed E-state index contributed by atoms with van der Waals surface area (Å²) in [7, 11) is 0. The predicted molar refractivity (Wildman–Crippen MR) is 79.6 cm³/mol. The number of nitrogens with one attached hydrogen (secondary N) is 2. The number of rotatable bonds is 6. The lowest BCUT2D eigenvalue weighted by Gasteiger charge is -2.11. The zero-order chi connectivity index (χ0) is 15.1. The minimum absolute atomic E-state index is 0.0692. The van der Waals surface area contributed by atoms with Gasteiger partial charge >= 0.3 is 0 Å². The maximum Gasteiger partial charge on any atom is 0.224 e. The molecule has 0 fully saturated rings. The van der Waals surface area contributed by atoms with Gasteiger partial charge in [-0.15, -0.1) is 0 Å². The number of aryl methyl sites for hydroxylation is 1. The van der Waals surface area contributed by atoms with Crippen molar-refractivity contribution >= 4 is 23.2 Å². The van der Waals surface area contributed by atoms with E-state index in [0.717, 1.165) is 5.56 Å². The molecule has 0 bridgehead atoms. The van der Waals surface area contributed by atoms with Crippen LogP contribution in [0.2, 0.25) is 0 Å². The van der Waals surface area contributed by atoms with Crippen LogP contribution in [-0.4, -0.2) is 23.0 Å². The molecule has 0 aliphatic carbocycles. The largest absolute Gasteiger partial charge is 0.393 e. The highest BCUT2D eigenvalue weighted by Crippen LogP contribution is 2.20. The summed E-state index contributed by atoms with van der Waals surface area (Å²) in [6, 6.07) is 5.38. The van der Waals surface area contributed by atoms with Crippen LogP contribution >= 0.6 is 0 Å². The Morgan fingerprint density at radius 2 is 1.95 bits per heavy atom. The maximum absolute atomic E-state index is 11.7. The summed E-state index contributed by atoms with van der Waals surface area (Å²) in [5.74, 6) is -0.215. The Kier molecular flexibility index (Phi) is 6.18. The van der Waals surface area contributed by atoms with Gasteiger partial charge in [0.25, 0.3) is 0 Å². The van der Waals surface area contributed by atoms with E-state index in [1.165, 1.54) is 0 Å². The molecule has 0 radical (unpaired) electrons. The normalized spacial score (nSPS) is 11.8. The number of amides is 2. The standard InChI is InChI=1S/C15H22N2O3/c1-4-14(19)16-12-7-5-10(2)13(9-12)17-15(20)8-6-11(3)18/h5,7,9,11,18H,4,6,8H2,1-3H3,(H,16,19)(H,17,20). The lowest BCUT2D eigenvalue weighted by atomic mass is 10.1. The smallest absolute Gasteiger partial charge is 0.224 e. The van der Waals surface area contributed by atoms with Crippen LogP contribution in [0, 0.1) is 6.92 Å². The van der Waals surface area contributed by atoms with Gasteiger partial charge < -0.3 is 15.7 Å². The second-order valence-corrected chi connectivity index (χ2v) is 4.87. The molecule has 1 rings (SSSR count). The minimum atomic E-state index is -0.489. The Bertz CT molecular complexity index is 484. The Hall–Kier alpha value is -1.88. The maximum atomic E-state index is 11.7. The Morgan fingerprint density at radius 1 is 1.25 bits per heavy atom. The molecule has 5 heteroatoms. The molecule has 0 saturated heterocycles. The molecule has 3 N–H and O–H groups in total. The monoisotopic (exact) mass is 278 g/mol. The Balaban J connectivity index is 2.71. The fourth-order valence-corrected chi connectivity index (χ4v) is 1.64. The van der Waals surface area contributed by atoms with Crippen LogP contribution in [0.5, 0.6) is 0 Å². The van der Waals surface area contributed by atoms with Crippen molar-refractivity contribution in [3.8, 4) is 0 Å². The van der Waals surface area contributed by atoms with E-state index in [2.05, 4.69) is 10.6 Å². The second kappa shape index (κ2) is 7.65. The molecule has 110 valence electrons. The lowest BCUT2D eigenvalue weighted by Crippen LogP contribution is -2.15. The van der Waals surface area contributed by atoms with Crippen molar-refractivity contribution in [3.05, 3.63) is 23.8 Å². The van der Waals surface area contributed by atoms with Gasteiger partial charge in [-0.3, -0.25) is 9.59 Å². The molecule has 0 aliphatic heterocycles. The summed E-state index contributed by atoms with van der Waals surface area (Å²) >= 11 is 0. The number of aliphatic hydroxyl groups is 1. The van der Waals surface area contributed by atoms with Crippen LogP contribution in [0.1, 0.15) is 38.7 Å². The van der Waals surface area contributed by atoms with Crippen molar-refractivity contribution < 1.29 is 14.7 Å². The molecule has 0 aliphatic rings. The van der Waals surface area contributed by atoms with Gasteiger partial charge in [0.1, 0.15) is 0 Å². The number of carbonyl (C=O) groups is 2. The van der Waals surface area contributed by atoms with E-state index in [0.29, 0.717) is 24.2 Å². The Morgan fingerprint density at radius 3 is 2.55 bits per heavy atom. The number of aliphatic hydroxyl groups excluding tert-OH is 1. The lowest BCUT2D eigenvalue weighted by molar-refractivity contribution is -0.117. The molecule has 1 atom stereocenters. The van der Waals surface area contributed by atoms with Gasteiger partial charge in [-0.1, -0.05) is 13.0 Å².